The molecule has 1 heterocycles. The van der Waals surface area contributed by atoms with Gasteiger partial charge in [0.2, 0.25) is 0 Å². The van der Waals surface area contributed by atoms with Gasteiger partial charge in [0.05, 0.1) is 0 Å². The Morgan fingerprint density at radius 3 is 2.21 bits per heavy atom. The van der Waals surface area contributed by atoms with Gasteiger partial charge in [0, 0.05) is 17.7 Å². The number of aromatic hydroxyl groups is 3. The summed E-state index contributed by atoms with van der Waals surface area (Å²) in [6, 6.07) is 8.31. The molecule has 0 saturated carbocycles. The number of hydrogen-bond donors (Lipinski definition) is 3. The van der Waals surface area contributed by atoms with Crippen molar-refractivity contribution in [3.8, 4) is 23.0 Å². The van der Waals surface area contributed by atoms with E-state index in [0.29, 0.717) is 18.6 Å². The smallest absolute Gasteiger partial charge is 0.130 e. The highest BCUT2D eigenvalue weighted by Gasteiger charge is 2.24. The molecule has 0 bridgehead atoms. The Morgan fingerprint density at radius 1 is 0.917 bits per heavy atom. The van der Waals surface area contributed by atoms with Crippen LogP contribution in [0.25, 0.3) is 0 Å². The zero-order valence-electron chi connectivity index (χ0n) is 15.1. The number of benzene rings is 2. The van der Waals surface area contributed by atoms with Gasteiger partial charge in [0.15, 0.2) is 0 Å². The Kier molecular flexibility index (Phi) is 7.43. The first-order chi connectivity index (χ1) is 11.5. The fourth-order valence-corrected chi connectivity index (χ4v) is 2.52. The molecule has 3 N–H and O–H groups in total. The van der Waals surface area contributed by atoms with Crippen molar-refractivity contribution in [2.45, 2.75) is 53.6 Å². The van der Waals surface area contributed by atoms with E-state index in [9.17, 15) is 15.3 Å². The molecule has 0 aromatic heterocycles. The summed E-state index contributed by atoms with van der Waals surface area (Å²) in [6.45, 7) is 9.84. The first-order valence-corrected chi connectivity index (χ1v) is 8.55. The first kappa shape index (κ1) is 19.7. The number of aryl methyl sites for hydroxylation is 1. The fourth-order valence-electron chi connectivity index (χ4n) is 2.52. The van der Waals surface area contributed by atoms with Crippen LogP contribution in [0.4, 0.5) is 0 Å². The van der Waals surface area contributed by atoms with Crippen molar-refractivity contribution in [1.29, 1.82) is 0 Å². The fraction of sp³-hybridized carbons (Fsp3) is 0.400. The summed E-state index contributed by atoms with van der Waals surface area (Å²) in [6.07, 6.45) is 1.20. The highest BCUT2D eigenvalue weighted by molar-refractivity contribution is 5.51. The summed E-state index contributed by atoms with van der Waals surface area (Å²) in [5.41, 5.74) is 2.43. The number of phenolic OH excluding ortho intramolecular Hbond substituents is 3. The molecule has 4 heteroatoms. The highest BCUT2D eigenvalue weighted by atomic mass is 16.5. The van der Waals surface area contributed by atoms with E-state index in [2.05, 4.69) is 0 Å². The molecular weight excluding hydrogens is 304 g/mol. The van der Waals surface area contributed by atoms with E-state index in [1.54, 1.807) is 6.07 Å². The molecule has 24 heavy (non-hydrogen) atoms. The molecule has 1 aliphatic heterocycles. The Balaban J connectivity index is 0.000000671. The van der Waals surface area contributed by atoms with Crippen molar-refractivity contribution in [3.05, 3.63) is 47.0 Å². The minimum atomic E-state index is -0.185. The minimum absolute atomic E-state index is 0.0198. The normalized spacial score (nSPS) is 15.0. The molecule has 0 aliphatic carbocycles. The Hall–Kier alpha value is -2.36. The molecule has 1 atom stereocenters. The van der Waals surface area contributed by atoms with E-state index < -0.39 is 0 Å². The van der Waals surface area contributed by atoms with Gasteiger partial charge in [-0.05, 0) is 37.0 Å². The molecule has 0 fully saturated rings. The van der Waals surface area contributed by atoms with Crippen LogP contribution in [0.5, 0.6) is 23.0 Å². The maximum absolute atomic E-state index is 9.79. The molecule has 3 rings (SSSR count). The molecule has 2 aromatic rings. The standard InChI is InChI=1S/C16H16O4.2C2H6/c1-9-2-3-10(6-13(9)18)15-5-4-12-14(19)7-11(17)8-16(12)20-15;2*1-2/h2-3,6-8,15,17-19H,4-5H2,1H3;2*1-2H3. The minimum Gasteiger partial charge on any atom is -0.508 e. The molecule has 4 nitrogen and oxygen atoms in total. The van der Waals surface area contributed by atoms with Gasteiger partial charge in [-0.1, -0.05) is 39.8 Å². The second-order valence-electron chi connectivity index (χ2n) is 5.13. The SMILES string of the molecule is CC.CC.Cc1ccc(C2CCc3c(O)cc(O)cc3O2)cc1O. The summed E-state index contributed by atoms with van der Waals surface area (Å²) >= 11 is 0. The third-order valence-electron chi connectivity index (χ3n) is 3.70. The maximum Gasteiger partial charge on any atom is 0.130 e. The van der Waals surface area contributed by atoms with Crippen molar-refractivity contribution in [2.75, 3.05) is 0 Å². The third kappa shape index (κ3) is 4.34. The lowest BCUT2D eigenvalue weighted by molar-refractivity contribution is 0.173. The van der Waals surface area contributed by atoms with Crippen LogP contribution in [0.2, 0.25) is 0 Å². The van der Waals surface area contributed by atoms with Crippen LogP contribution in [0, 0.1) is 6.92 Å². The van der Waals surface area contributed by atoms with Gasteiger partial charge in [0.25, 0.3) is 0 Å². The Bertz CT molecular complexity index is 665. The summed E-state index contributed by atoms with van der Waals surface area (Å²) in [5.74, 6) is 0.785. The van der Waals surface area contributed by atoms with Crippen molar-refractivity contribution in [2.24, 2.45) is 0 Å². The van der Waals surface area contributed by atoms with Gasteiger partial charge in [0.1, 0.15) is 29.1 Å². The van der Waals surface area contributed by atoms with Crippen LogP contribution < -0.4 is 4.74 Å². The highest BCUT2D eigenvalue weighted by Crippen LogP contribution is 2.42. The van der Waals surface area contributed by atoms with Crippen LogP contribution in [0.1, 0.15) is 56.9 Å². The van der Waals surface area contributed by atoms with E-state index in [0.717, 1.165) is 16.7 Å². The number of rotatable bonds is 1. The Morgan fingerprint density at radius 2 is 1.58 bits per heavy atom. The number of hydrogen-bond acceptors (Lipinski definition) is 4. The lowest BCUT2D eigenvalue weighted by Gasteiger charge is -2.27. The van der Waals surface area contributed by atoms with Crippen molar-refractivity contribution >= 4 is 0 Å². The molecule has 0 spiro atoms. The van der Waals surface area contributed by atoms with Crippen molar-refractivity contribution in [1.82, 2.24) is 0 Å². The van der Waals surface area contributed by atoms with Gasteiger partial charge >= 0.3 is 0 Å². The summed E-state index contributed by atoms with van der Waals surface area (Å²) < 4.78 is 5.84. The summed E-state index contributed by atoms with van der Waals surface area (Å²) in [4.78, 5) is 0. The van der Waals surface area contributed by atoms with E-state index in [1.807, 2.05) is 46.8 Å². The molecule has 0 radical (unpaired) electrons. The van der Waals surface area contributed by atoms with E-state index in [4.69, 9.17) is 4.74 Å². The molecule has 2 aromatic carbocycles. The predicted molar refractivity (Wildman–Crippen MR) is 97.0 cm³/mol. The lowest BCUT2D eigenvalue weighted by atomic mass is 9.96. The second kappa shape index (κ2) is 9.06. The maximum atomic E-state index is 9.79. The van der Waals surface area contributed by atoms with Crippen LogP contribution >= 0.6 is 0 Å². The topological polar surface area (TPSA) is 69.9 Å². The summed E-state index contributed by atoms with van der Waals surface area (Å²) in [5, 5.41) is 29.1. The largest absolute Gasteiger partial charge is 0.508 e. The van der Waals surface area contributed by atoms with Gasteiger partial charge in [-0.15, -0.1) is 0 Å². The van der Waals surface area contributed by atoms with Gasteiger partial charge in [-0.25, -0.2) is 0 Å². The second-order valence-corrected chi connectivity index (χ2v) is 5.13. The van der Waals surface area contributed by atoms with Crippen molar-refractivity contribution < 1.29 is 20.1 Å². The Labute approximate surface area is 144 Å². The molecule has 0 saturated heterocycles. The van der Waals surface area contributed by atoms with E-state index in [-0.39, 0.29) is 23.4 Å². The molecule has 1 unspecified atom stereocenters. The van der Waals surface area contributed by atoms with E-state index in [1.165, 1.54) is 12.1 Å². The van der Waals surface area contributed by atoms with Gasteiger partial charge < -0.3 is 20.1 Å². The lowest BCUT2D eigenvalue weighted by Crippen LogP contribution is -2.15. The monoisotopic (exact) mass is 332 g/mol. The molecular formula is C20H28O4. The molecule has 132 valence electrons. The molecule has 0 amide bonds. The zero-order chi connectivity index (χ0) is 18.3. The van der Waals surface area contributed by atoms with Crippen LogP contribution in [-0.2, 0) is 6.42 Å². The first-order valence-electron chi connectivity index (χ1n) is 8.55. The van der Waals surface area contributed by atoms with Gasteiger partial charge in [-0.2, -0.15) is 0 Å². The number of phenols is 3. The predicted octanol–water partition coefficient (Wildman–Crippen LogP) is 5.23. The number of fused-ring (bicyclic) bond motifs is 1. The average molecular weight is 332 g/mol. The average Bonchev–Trinajstić information content (AvgIpc) is 2.60. The van der Waals surface area contributed by atoms with Crippen LogP contribution in [-0.4, -0.2) is 15.3 Å². The zero-order valence-corrected chi connectivity index (χ0v) is 15.1. The number of ether oxygens (including phenoxy) is 1. The molecule has 1 aliphatic rings. The van der Waals surface area contributed by atoms with Crippen LogP contribution in [0.3, 0.4) is 0 Å². The van der Waals surface area contributed by atoms with Crippen LogP contribution in [0.15, 0.2) is 30.3 Å². The third-order valence-corrected chi connectivity index (χ3v) is 3.70. The summed E-state index contributed by atoms with van der Waals surface area (Å²) in [7, 11) is 0. The quantitative estimate of drug-likeness (QED) is 0.668. The van der Waals surface area contributed by atoms with Gasteiger partial charge in [-0.3, -0.25) is 0 Å². The van der Waals surface area contributed by atoms with E-state index >= 15 is 0 Å². The van der Waals surface area contributed by atoms with Crippen molar-refractivity contribution in [3.63, 3.8) is 0 Å².